The lowest BCUT2D eigenvalue weighted by Gasteiger charge is -2.36. The maximum absolute atomic E-state index is 9.79. The van der Waals surface area contributed by atoms with Crippen LogP contribution >= 0.6 is 0 Å². The number of nitrogens with zero attached hydrogens (tertiary/aromatic N) is 1. The largest absolute Gasteiger partial charge is 0.504 e. The summed E-state index contributed by atoms with van der Waals surface area (Å²) in [5, 5.41) is 9.79. The van der Waals surface area contributed by atoms with Gasteiger partial charge in [-0.1, -0.05) is 13.0 Å². The third-order valence-corrected chi connectivity index (χ3v) is 3.93. The second kappa shape index (κ2) is 6.26. The first-order valence-corrected chi connectivity index (χ1v) is 6.75. The summed E-state index contributed by atoms with van der Waals surface area (Å²) in [5.74, 6) is 1.34. The number of methoxy groups -OCH3 is 2. The zero-order valence-electron chi connectivity index (χ0n) is 11.9. The van der Waals surface area contributed by atoms with E-state index in [1.54, 1.807) is 20.3 Å². The number of ether oxygens (including phenoxy) is 2. The predicted octanol–water partition coefficient (Wildman–Crippen LogP) is 2.26. The van der Waals surface area contributed by atoms with E-state index in [1.165, 1.54) is 0 Å². The number of aromatic hydroxyl groups is 1. The van der Waals surface area contributed by atoms with Crippen molar-refractivity contribution in [2.45, 2.75) is 26.0 Å². The number of rotatable bonds is 4. The topological polar surface area (TPSA) is 41.9 Å². The number of piperidine rings is 1. The van der Waals surface area contributed by atoms with Crippen LogP contribution in [-0.2, 0) is 11.3 Å². The van der Waals surface area contributed by atoms with Gasteiger partial charge in [0.25, 0.3) is 0 Å². The van der Waals surface area contributed by atoms with Crippen molar-refractivity contribution >= 4 is 0 Å². The Morgan fingerprint density at radius 3 is 2.79 bits per heavy atom. The van der Waals surface area contributed by atoms with Gasteiger partial charge in [-0.25, -0.2) is 0 Å². The minimum absolute atomic E-state index is 0.202. The van der Waals surface area contributed by atoms with Crippen LogP contribution in [0, 0.1) is 5.92 Å². The number of hydrogen-bond acceptors (Lipinski definition) is 4. The van der Waals surface area contributed by atoms with Gasteiger partial charge in [-0.2, -0.15) is 0 Å². The summed E-state index contributed by atoms with van der Waals surface area (Å²) in [6.07, 6.45) is 1.46. The predicted molar refractivity (Wildman–Crippen MR) is 74.5 cm³/mol. The molecule has 2 unspecified atom stereocenters. The van der Waals surface area contributed by atoms with Gasteiger partial charge >= 0.3 is 0 Å². The molecule has 2 rings (SSSR count). The van der Waals surface area contributed by atoms with Crippen molar-refractivity contribution in [2.24, 2.45) is 5.92 Å². The van der Waals surface area contributed by atoms with E-state index in [2.05, 4.69) is 11.8 Å². The van der Waals surface area contributed by atoms with Crippen LogP contribution in [0.1, 0.15) is 18.9 Å². The van der Waals surface area contributed by atoms with E-state index >= 15 is 0 Å². The minimum Gasteiger partial charge on any atom is -0.504 e. The molecule has 1 aromatic rings. The first-order valence-electron chi connectivity index (χ1n) is 6.75. The lowest BCUT2D eigenvalue weighted by Crippen LogP contribution is -2.43. The van der Waals surface area contributed by atoms with E-state index in [1.807, 2.05) is 12.1 Å². The highest BCUT2D eigenvalue weighted by Gasteiger charge is 2.25. The van der Waals surface area contributed by atoms with Gasteiger partial charge in [-0.05, 0) is 36.6 Å². The van der Waals surface area contributed by atoms with Gasteiger partial charge in [-0.3, -0.25) is 4.90 Å². The molecule has 0 aromatic heterocycles. The molecule has 0 saturated carbocycles. The molecule has 1 heterocycles. The average molecular weight is 265 g/mol. The summed E-state index contributed by atoms with van der Waals surface area (Å²) >= 11 is 0. The lowest BCUT2D eigenvalue weighted by molar-refractivity contribution is -0.00746. The number of phenols is 1. The van der Waals surface area contributed by atoms with Crippen molar-refractivity contribution in [1.29, 1.82) is 0 Å². The highest BCUT2D eigenvalue weighted by atomic mass is 16.5. The molecule has 2 atom stereocenters. The summed E-state index contributed by atoms with van der Waals surface area (Å²) in [6, 6.07) is 5.59. The van der Waals surface area contributed by atoms with E-state index in [4.69, 9.17) is 9.47 Å². The van der Waals surface area contributed by atoms with E-state index in [0.717, 1.165) is 31.6 Å². The first kappa shape index (κ1) is 14.2. The summed E-state index contributed by atoms with van der Waals surface area (Å²) < 4.78 is 10.6. The minimum atomic E-state index is 0.202. The van der Waals surface area contributed by atoms with Gasteiger partial charge in [0.15, 0.2) is 11.5 Å². The summed E-state index contributed by atoms with van der Waals surface area (Å²) in [6.45, 7) is 5.10. The van der Waals surface area contributed by atoms with E-state index < -0.39 is 0 Å². The molecule has 0 radical (unpaired) electrons. The number of benzene rings is 1. The Bertz CT molecular complexity index is 422. The fraction of sp³-hybridized carbons (Fsp3) is 0.600. The van der Waals surface area contributed by atoms with Gasteiger partial charge in [0.2, 0.25) is 0 Å². The Kier molecular flexibility index (Phi) is 4.66. The van der Waals surface area contributed by atoms with Crippen LogP contribution in [0.5, 0.6) is 11.5 Å². The normalized spacial score (nSPS) is 24.4. The second-order valence-electron chi connectivity index (χ2n) is 5.28. The van der Waals surface area contributed by atoms with Crippen LogP contribution in [-0.4, -0.2) is 43.4 Å². The molecule has 1 aliphatic rings. The molecule has 4 heteroatoms. The number of hydrogen-bond donors (Lipinski definition) is 1. The van der Waals surface area contributed by atoms with Gasteiger partial charge in [-0.15, -0.1) is 0 Å². The van der Waals surface area contributed by atoms with Gasteiger partial charge in [0.1, 0.15) is 0 Å². The molecule has 1 fully saturated rings. The molecule has 0 bridgehead atoms. The van der Waals surface area contributed by atoms with E-state index in [-0.39, 0.29) is 5.75 Å². The zero-order chi connectivity index (χ0) is 13.8. The third kappa shape index (κ3) is 3.39. The molecule has 4 nitrogen and oxygen atoms in total. The molecule has 0 amide bonds. The van der Waals surface area contributed by atoms with Crippen LogP contribution in [0.3, 0.4) is 0 Å². The Balaban J connectivity index is 1.99. The van der Waals surface area contributed by atoms with Crippen molar-refractivity contribution in [2.75, 3.05) is 27.3 Å². The van der Waals surface area contributed by atoms with Crippen molar-refractivity contribution in [3.8, 4) is 11.5 Å². The fourth-order valence-electron chi connectivity index (χ4n) is 2.64. The molecule has 106 valence electrons. The first-order chi connectivity index (χ1) is 9.13. The maximum Gasteiger partial charge on any atom is 0.160 e. The molecular weight excluding hydrogens is 242 g/mol. The SMILES string of the molecule is COc1ccc(CN2CCC(C)C(OC)C2)cc1O. The maximum atomic E-state index is 9.79. The van der Waals surface area contributed by atoms with Gasteiger partial charge in [0.05, 0.1) is 13.2 Å². The fourth-order valence-corrected chi connectivity index (χ4v) is 2.64. The Morgan fingerprint density at radius 2 is 2.16 bits per heavy atom. The number of likely N-dealkylation sites (tertiary alicyclic amines) is 1. The summed E-state index contributed by atoms with van der Waals surface area (Å²) in [4.78, 5) is 2.37. The van der Waals surface area contributed by atoms with Crippen molar-refractivity contribution in [3.05, 3.63) is 23.8 Å². The molecule has 19 heavy (non-hydrogen) atoms. The van der Waals surface area contributed by atoms with Crippen LogP contribution in [0.2, 0.25) is 0 Å². The summed E-state index contributed by atoms with van der Waals surface area (Å²) in [7, 11) is 3.34. The van der Waals surface area contributed by atoms with E-state index in [9.17, 15) is 5.11 Å². The van der Waals surface area contributed by atoms with Gasteiger partial charge in [0, 0.05) is 20.2 Å². The zero-order valence-corrected chi connectivity index (χ0v) is 11.9. The molecule has 1 aliphatic heterocycles. The quantitative estimate of drug-likeness (QED) is 0.906. The lowest BCUT2D eigenvalue weighted by atomic mass is 9.95. The van der Waals surface area contributed by atoms with Crippen LogP contribution < -0.4 is 4.74 Å². The highest BCUT2D eigenvalue weighted by molar-refractivity contribution is 5.41. The smallest absolute Gasteiger partial charge is 0.160 e. The third-order valence-electron chi connectivity index (χ3n) is 3.93. The monoisotopic (exact) mass is 265 g/mol. The Morgan fingerprint density at radius 1 is 1.37 bits per heavy atom. The second-order valence-corrected chi connectivity index (χ2v) is 5.28. The molecule has 0 aliphatic carbocycles. The van der Waals surface area contributed by atoms with Crippen LogP contribution in [0.25, 0.3) is 0 Å². The standard InChI is InChI=1S/C15H23NO3/c1-11-6-7-16(10-15(11)19-3)9-12-4-5-14(18-2)13(17)8-12/h4-5,8,11,15,17H,6-7,9-10H2,1-3H3. The van der Waals surface area contributed by atoms with Crippen molar-refractivity contribution in [1.82, 2.24) is 4.90 Å². The molecule has 1 saturated heterocycles. The van der Waals surface area contributed by atoms with Crippen molar-refractivity contribution < 1.29 is 14.6 Å². The Hall–Kier alpha value is -1.26. The van der Waals surface area contributed by atoms with Crippen LogP contribution in [0.4, 0.5) is 0 Å². The average Bonchev–Trinajstić information content (AvgIpc) is 2.41. The number of phenolic OH excluding ortho intramolecular Hbond substituents is 1. The Labute approximate surface area is 114 Å². The molecule has 1 N–H and O–H groups in total. The van der Waals surface area contributed by atoms with Gasteiger partial charge < -0.3 is 14.6 Å². The van der Waals surface area contributed by atoms with Crippen LogP contribution in [0.15, 0.2) is 18.2 Å². The molecule has 1 aromatic carbocycles. The van der Waals surface area contributed by atoms with Crippen molar-refractivity contribution in [3.63, 3.8) is 0 Å². The molecular formula is C15H23NO3. The highest BCUT2D eigenvalue weighted by Crippen LogP contribution is 2.28. The summed E-state index contributed by atoms with van der Waals surface area (Å²) in [5.41, 5.74) is 1.10. The molecule has 0 spiro atoms. The van der Waals surface area contributed by atoms with E-state index in [0.29, 0.717) is 17.8 Å².